The Morgan fingerprint density at radius 3 is 2.71 bits per heavy atom. The molecule has 2 aromatic heterocycles. The molecule has 1 amide bonds. The van der Waals surface area contributed by atoms with E-state index in [0.29, 0.717) is 27.8 Å². The highest BCUT2D eigenvalue weighted by atomic mass is 19.1. The zero-order chi connectivity index (χ0) is 21.5. The minimum atomic E-state index is -0.387. The van der Waals surface area contributed by atoms with E-state index in [0.717, 1.165) is 16.9 Å². The first-order chi connectivity index (χ1) is 15.0. The molecule has 0 aliphatic carbocycles. The summed E-state index contributed by atoms with van der Waals surface area (Å²) in [6.07, 6.45) is 0. The molecule has 0 saturated heterocycles. The van der Waals surface area contributed by atoms with Crippen molar-refractivity contribution in [1.29, 1.82) is 0 Å². The minimum absolute atomic E-state index is 0.272. The molecule has 0 unspecified atom stereocenters. The largest absolute Gasteiger partial charge is 0.342 e. The van der Waals surface area contributed by atoms with Crippen molar-refractivity contribution >= 4 is 33.5 Å². The van der Waals surface area contributed by atoms with Crippen molar-refractivity contribution in [2.24, 2.45) is 0 Å². The summed E-state index contributed by atoms with van der Waals surface area (Å²) in [7, 11) is 0. The summed E-state index contributed by atoms with van der Waals surface area (Å²) in [4.78, 5) is 20.7. The number of rotatable bonds is 4. The third-order valence-corrected chi connectivity index (χ3v) is 5.18. The standard InChI is InChI=1S/C24H18F2N4O/c1-14-27-20-7-6-19(12-21(20)28-14)29-24(31)23-11-16-10-18(26)5-8-22(16)30(23)13-15-3-2-4-17(25)9-15/h2-12H,13H2,1H3,(H,27,28)(H,29,31). The van der Waals surface area contributed by atoms with Gasteiger partial charge in [-0.15, -0.1) is 0 Å². The number of aryl methyl sites for hydroxylation is 1. The van der Waals surface area contributed by atoms with Crippen molar-refractivity contribution in [1.82, 2.24) is 14.5 Å². The fraction of sp³-hybridized carbons (Fsp3) is 0.0833. The van der Waals surface area contributed by atoms with Gasteiger partial charge in [-0.3, -0.25) is 4.79 Å². The van der Waals surface area contributed by atoms with Crippen LogP contribution in [0.5, 0.6) is 0 Å². The number of H-pyrrole nitrogens is 1. The first-order valence-corrected chi connectivity index (χ1v) is 9.77. The molecule has 0 atom stereocenters. The van der Waals surface area contributed by atoms with Gasteiger partial charge < -0.3 is 14.9 Å². The first-order valence-electron chi connectivity index (χ1n) is 9.77. The SMILES string of the molecule is Cc1nc2ccc(NC(=O)c3cc4cc(F)ccc4n3Cc3cccc(F)c3)cc2[nH]1. The van der Waals surface area contributed by atoms with Gasteiger partial charge in [0.05, 0.1) is 11.0 Å². The van der Waals surface area contributed by atoms with Gasteiger partial charge in [0, 0.05) is 23.1 Å². The van der Waals surface area contributed by atoms with Crippen LogP contribution in [-0.4, -0.2) is 20.4 Å². The fourth-order valence-electron chi connectivity index (χ4n) is 3.83. The molecule has 0 aliphatic heterocycles. The highest BCUT2D eigenvalue weighted by Gasteiger charge is 2.17. The Kier molecular flexibility index (Phi) is 4.51. The number of carbonyl (C=O) groups is 1. The number of anilines is 1. The van der Waals surface area contributed by atoms with Crippen LogP contribution >= 0.6 is 0 Å². The quantitative estimate of drug-likeness (QED) is 0.412. The summed E-state index contributed by atoms with van der Waals surface area (Å²) in [5, 5.41) is 3.50. The Balaban J connectivity index is 1.54. The molecule has 5 nitrogen and oxygen atoms in total. The topological polar surface area (TPSA) is 62.7 Å². The van der Waals surface area contributed by atoms with Gasteiger partial charge >= 0.3 is 0 Å². The molecule has 2 heterocycles. The molecule has 7 heteroatoms. The lowest BCUT2D eigenvalue weighted by atomic mass is 10.2. The molecule has 0 fully saturated rings. The summed E-state index contributed by atoms with van der Waals surface area (Å²) in [5.41, 5.74) is 3.98. The summed E-state index contributed by atoms with van der Waals surface area (Å²) in [6, 6.07) is 17.6. The van der Waals surface area contributed by atoms with Gasteiger partial charge in [-0.05, 0) is 67.1 Å². The predicted octanol–water partition coefficient (Wildman–Crippen LogP) is 5.40. The van der Waals surface area contributed by atoms with Crippen LogP contribution in [0.25, 0.3) is 21.9 Å². The Labute approximate surface area is 176 Å². The zero-order valence-corrected chi connectivity index (χ0v) is 16.6. The van der Waals surface area contributed by atoms with Gasteiger partial charge in [0.2, 0.25) is 0 Å². The lowest BCUT2D eigenvalue weighted by Crippen LogP contribution is -2.17. The van der Waals surface area contributed by atoms with Gasteiger partial charge in [0.1, 0.15) is 23.2 Å². The van der Waals surface area contributed by atoms with Crippen LogP contribution in [0.15, 0.2) is 66.7 Å². The van der Waals surface area contributed by atoms with E-state index in [1.54, 1.807) is 34.9 Å². The van der Waals surface area contributed by atoms with Crippen molar-refractivity contribution in [3.8, 4) is 0 Å². The number of amides is 1. The lowest BCUT2D eigenvalue weighted by Gasteiger charge is -2.12. The highest BCUT2D eigenvalue weighted by Crippen LogP contribution is 2.24. The molecule has 0 bridgehead atoms. The van der Waals surface area contributed by atoms with Gasteiger partial charge in [0.15, 0.2) is 0 Å². The summed E-state index contributed by atoms with van der Waals surface area (Å²) < 4.78 is 29.2. The monoisotopic (exact) mass is 416 g/mol. The second-order valence-corrected chi connectivity index (χ2v) is 7.46. The van der Waals surface area contributed by atoms with E-state index >= 15 is 0 Å². The minimum Gasteiger partial charge on any atom is -0.342 e. The number of aromatic amines is 1. The van der Waals surface area contributed by atoms with E-state index in [9.17, 15) is 13.6 Å². The van der Waals surface area contributed by atoms with Crippen molar-refractivity contribution in [3.05, 3.63) is 95.4 Å². The van der Waals surface area contributed by atoms with Crippen LogP contribution < -0.4 is 5.32 Å². The van der Waals surface area contributed by atoms with E-state index in [2.05, 4.69) is 15.3 Å². The Bertz CT molecular complexity index is 1450. The predicted molar refractivity (Wildman–Crippen MR) is 116 cm³/mol. The molecular weight excluding hydrogens is 398 g/mol. The van der Waals surface area contributed by atoms with Gasteiger partial charge in [-0.2, -0.15) is 0 Å². The number of hydrogen-bond donors (Lipinski definition) is 2. The average molecular weight is 416 g/mol. The maximum atomic E-state index is 13.8. The van der Waals surface area contributed by atoms with Crippen LogP contribution in [0.2, 0.25) is 0 Å². The van der Waals surface area contributed by atoms with Gasteiger partial charge in [-0.1, -0.05) is 12.1 Å². The van der Waals surface area contributed by atoms with Crippen molar-refractivity contribution in [2.75, 3.05) is 5.32 Å². The Hall–Kier alpha value is -4.00. The number of imidazole rings is 1. The summed E-state index contributed by atoms with van der Waals surface area (Å²) >= 11 is 0. The van der Waals surface area contributed by atoms with E-state index < -0.39 is 0 Å². The number of nitrogens with one attached hydrogen (secondary N) is 2. The van der Waals surface area contributed by atoms with E-state index in [1.165, 1.54) is 24.3 Å². The fourth-order valence-corrected chi connectivity index (χ4v) is 3.83. The van der Waals surface area contributed by atoms with Crippen molar-refractivity contribution < 1.29 is 13.6 Å². The smallest absolute Gasteiger partial charge is 0.272 e. The van der Waals surface area contributed by atoms with Crippen LogP contribution in [0.1, 0.15) is 21.9 Å². The van der Waals surface area contributed by atoms with Gasteiger partial charge in [-0.25, -0.2) is 13.8 Å². The number of carbonyl (C=O) groups excluding carboxylic acids is 1. The summed E-state index contributed by atoms with van der Waals surface area (Å²) in [6.45, 7) is 2.14. The molecular formula is C24H18F2N4O. The van der Waals surface area contributed by atoms with Crippen LogP contribution in [0.4, 0.5) is 14.5 Å². The average Bonchev–Trinajstić information content (AvgIpc) is 3.27. The number of halogens is 2. The molecule has 2 N–H and O–H groups in total. The number of benzene rings is 3. The van der Waals surface area contributed by atoms with E-state index in [1.807, 2.05) is 19.1 Å². The van der Waals surface area contributed by atoms with E-state index in [-0.39, 0.29) is 24.1 Å². The summed E-state index contributed by atoms with van der Waals surface area (Å²) in [5.74, 6) is -0.295. The van der Waals surface area contributed by atoms with Crippen molar-refractivity contribution in [3.63, 3.8) is 0 Å². The maximum absolute atomic E-state index is 13.8. The normalized spacial score (nSPS) is 11.3. The third kappa shape index (κ3) is 3.66. The maximum Gasteiger partial charge on any atom is 0.272 e. The number of hydrogen-bond acceptors (Lipinski definition) is 2. The lowest BCUT2D eigenvalue weighted by molar-refractivity contribution is 0.101. The molecule has 3 aromatic carbocycles. The molecule has 5 rings (SSSR count). The van der Waals surface area contributed by atoms with Crippen LogP contribution in [0, 0.1) is 18.6 Å². The Morgan fingerprint density at radius 2 is 1.87 bits per heavy atom. The molecule has 0 spiro atoms. The molecule has 0 saturated carbocycles. The molecule has 0 radical (unpaired) electrons. The van der Waals surface area contributed by atoms with Crippen molar-refractivity contribution in [2.45, 2.75) is 13.5 Å². The first kappa shape index (κ1) is 19.0. The number of aromatic nitrogens is 3. The third-order valence-electron chi connectivity index (χ3n) is 5.18. The molecule has 5 aromatic rings. The molecule has 154 valence electrons. The molecule has 31 heavy (non-hydrogen) atoms. The second-order valence-electron chi connectivity index (χ2n) is 7.46. The second kappa shape index (κ2) is 7.36. The van der Waals surface area contributed by atoms with E-state index in [4.69, 9.17) is 0 Å². The Morgan fingerprint density at radius 1 is 1.03 bits per heavy atom. The van der Waals surface area contributed by atoms with Crippen LogP contribution in [0.3, 0.4) is 0 Å². The molecule has 0 aliphatic rings. The van der Waals surface area contributed by atoms with Gasteiger partial charge in [0.25, 0.3) is 5.91 Å². The number of fused-ring (bicyclic) bond motifs is 2. The highest BCUT2D eigenvalue weighted by molar-refractivity contribution is 6.07. The van der Waals surface area contributed by atoms with Crippen LogP contribution in [-0.2, 0) is 6.54 Å². The number of nitrogens with zero attached hydrogens (tertiary/aromatic N) is 2. The zero-order valence-electron chi connectivity index (χ0n) is 16.6.